The minimum atomic E-state index is -0.193. The zero-order valence-electron chi connectivity index (χ0n) is 10.9. The van der Waals surface area contributed by atoms with Gasteiger partial charge in [-0.25, -0.2) is 13.9 Å². The number of para-hydroxylation sites is 2. The van der Waals surface area contributed by atoms with Crippen molar-refractivity contribution in [2.45, 2.75) is 33.4 Å². The first-order valence-electron chi connectivity index (χ1n) is 6.39. The molecule has 2 aromatic rings. The lowest BCUT2D eigenvalue weighted by Gasteiger charge is -1.98. The molecule has 4 nitrogen and oxygen atoms in total. The van der Waals surface area contributed by atoms with Gasteiger partial charge in [0, 0.05) is 0 Å². The lowest BCUT2D eigenvalue weighted by molar-refractivity contribution is -0.661. The van der Waals surface area contributed by atoms with Gasteiger partial charge in [0.05, 0.1) is 13.2 Å². The van der Waals surface area contributed by atoms with Crippen LogP contribution in [0.3, 0.4) is 0 Å². The van der Waals surface area contributed by atoms with Crippen LogP contribution in [0.5, 0.6) is 0 Å². The molecule has 0 aliphatic rings. The van der Waals surface area contributed by atoms with Crippen LogP contribution in [-0.2, 0) is 22.6 Å². The molecule has 1 heterocycles. The molecule has 0 saturated heterocycles. The Hall–Kier alpha value is -1.84. The highest BCUT2D eigenvalue weighted by Gasteiger charge is 2.17. The molecule has 4 heteroatoms. The van der Waals surface area contributed by atoms with E-state index in [1.165, 1.54) is 0 Å². The van der Waals surface area contributed by atoms with E-state index in [2.05, 4.69) is 17.6 Å². The highest BCUT2D eigenvalue weighted by Crippen LogP contribution is 2.11. The number of benzene rings is 1. The van der Waals surface area contributed by atoms with Crippen LogP contribution < -0.4 is 4.57 Å². The number of nitrogens with zero attached hydrogens (tertiary/aromatic N) is 2. The Morgan fingerprint density at radius 2 is 2.11 bits per heavy atom. The number of carbonyl (C=O) groups is 1. The molecule has 0 aliphatic carbocycles. The van der Waals surface area contributed by atoms with Gasteiger partial charge in [0.2, 0.25) is 6.33 Å². The number of imidazole rings is 1. The van der Waals surface area contributed by atoms with Crippen molar-refractivity contribution in [1.82, 2.24) is 4.57 Å². The third-order valence-electron chi connectivity index (χ3n) is 2.85. The summed E-state index contributed by atoms with van der Waals surface area (Å²) in [4.78, 5) is 11.6. The number of carbonyl (C=O) groups excluding carboxylic acids is 1. The van der Waals surface area contributed by atoms with Crippen molar-refractivity contribution >= 4 is 17.0 Å². The largest absolute Gasteiger partial charge is 0.463 e. The van der Waals surface area contributed by atoms with Crippen LogP contribution in [0.15, 0.2) is 30.6 Å². The second-order valence-electron chi connectivity index (χ2n) is 4.23. The maximum atomic E-state index is 11.6. The predicted molar refractivity (Wildman–Crippen MR) is 69.1 cm³/mol. The van der Waals surface area contributed by atoms with E-state index in [0.717, 1.165) is 24.0 Å². The van der Waals surface area contributed by atoms with Gasteiger partial charge in [0.15, 0.2) is 17.6 Å². The molecule has 0 bridgehead atoms. The number of esters is 1. The van der Waals surface area contributed by atoms with E-state index in [-0.39, 0.29) is 12.5 Å². The predicted octanol–water partition coefficient (Wildman–Crippen LogP) is 1.90. The second kappa shape index (κ2) is 5.67. The zero-order chi connectivity index (χ0) is 13.0. The molecule has 0 spiro atoms. The number of aromatic nitrogens is 2. The highest BCUT2D eigenvalue weighted by atomic mass is 16.5. The number of ether oxygens (including phenoxy) is 1. The standard InChI is InChI=1S/C14H19N2O2/c1-3-9-15-11-16(10-14(17)18-4-2)13-8-6-5-7-12(13)15/h5-8,11H,3-4,9-10H2,1-2H3/q+1. The Bertz CT molecular complexity index is 546. The van der Waals surface area contributed by atoms with Crippen LogP contribution in [0, 0.1) is 0 Å². The van der Waals surface area contributed by atoms with Crippen molar-refractivity contribution in [2.75, 3.05) is 6.61 Å². The molecular formula is C14H19N2O2+. The topological polar surface area (TPSA) is 35.1 Å². The summed E-state index contributed by atoms with van der Waals surface area (Å²) < 4.78 is 9.12. The van der Waals surface area contributed by atoms with Gasteiger partial charge < -0.3 is 4.74 Å². The number of hydrogen-bond donors (Lipinski definition) is 0. The molecule has 0 radical (unpaired) electrons. The van der Waals surface area contributed by atoms with Gasteiger partial charge in [-0.2, -0.15) is 0 Å². The number of fused-ring (bicyclic) bond motifs is 1. The van der Waals surface area contributed by atoms with E-state index >= 15 is 0 Å². The first-order chi connectivity index (χ1) is 8.76. The second-order valence-corrected chi connectivity index (χ2v) is 4.23. The van der Waals surface area contributed by atoms with E-state index < -0.39 is 0 Å². The third-order valence-corrected chi connectivity index (χ3v) is 2.85. The summed E-state index contributed by atoms with van der Waals surface area (Å²) in [6, 6.07) is 8.11. The average molecular weight is 247 g/mol. The van der Waals surface area contributed by atoms with Crippen LogP contribution in [0.2, 0.25) is 0 Å². The van der Waals surface area contributed by atoms with Gasteiger partial charge in [0.1, 0.15) is 0 Å². The van der Waals surface area contributed by atoms with Crippen molar-refractivity contribution in [2.24, 2.45) is 0 Å². The van der Waals surface area contributed by atoms with Gasteiger partial charge in [-0.05, 0) is 25.5 Å². The Balaban J connectivity index is 2.35. The van der Waals surface area contributed by atoms with E-state index in [1.807, 2.05) is 36.0 Å². The Labute approximate surface area is 107 Å². The molecule has 18 heavy (non-hydrogen) atoms. The van der Waals surface area contributed by atoms with Gasteiger partial charge in [-0.15, -0.1) is 0 Å². The van der Waals surface area contributed by atoms with E-state index in [0.29, 0.717) is 6.61 Å². The smallest absolute Gasteiger partial charge is 0.348 e. The molecule has 0 aliphatic heterocycles. The Morgan fingerprint density at radius 1 is 1.33 bits per heavy atom. The van der Waals surface area contributed by atoms with E-state index in [4.69, 9.17) is 4.74 Å². The summed E-state index contributed by atoms with van der Waals surface area (Å²) in [5, 5.41) is 0. The first-order valence-corrected chi connectivity index (χ1v) is 6.39. The van der Waals surface area contributed by atoms with Gasteiger partial charge in [-0.3, -0.25) is 0 Å². The normalized spacial score (nSPS) is 10.8. The van der Waals surface area contributed by atoms with Crippen LogP contribution in [0.4, 0.5) is 0 Å². The average Bonchev–Trinajstić information content (AvgIpc) is 2.69. The molecule has 0 atom stereocenters. The molecule has 0 fully saturated rings. The van der Waals surface area contributed by atoms with Gasteiger partial charge in [0.25, 0.3) is 0 Å². The fraction of sp³-hybridized carbons (Fsp3) is 0.429. The van der Waals surface area contributed by atoms with Crippen molar-refractivity contribution in [3.63, 3.8) is 0 Å². The lowest BCUT2D eigenvalue weighted by Crippen LogP contribution is -2.37. The molecular weight excluding hydrogens is 228 g/mol. The summed E-state index contributed by atoms with van der Waals surface area (Å²) in [5.41, 5.74) is 2.22. The Kier molecular flexibility index (Phi) is 3.97. The number of aryl methyl sites for hydroxylation is 1. The SMILES string of the molecule is CCCn1c[n+](CC(=O)OCC)c2ccccc21. The molecule has 0 saturated carbocycles. The van der Waals surface area contributed by atoms with E-state index in [1.54, 1.807) is 0 Å². The Morgan fingerprint density at radius 3 is 2.83 bits per heavy atom. The minimum Gasteiger partial charge on any atom is -0.463 e. The first kappa shape index (κ1) is 12.6. The minimum absolute atomic E-state index is 0.193. The molecule has 0 amide bonds. The van der Waals surface area contributed by atoms with Crippen LogP contribution in [0.1, 0.15) is 20.3 Å². The maximum Gasteiger partial charge on any atom is 0.348 e. The van der Waals surface area contributed by atoms with Crippen molar-refractivity contribution < 1.29 is 14.1 Å². The van der Waals surface area contributed by atoms with Gasteiger partial charge in [-0.1, -0.05) is 19.1 Å². The van der Waals surface area contributed by atoms with Crippen molar-refractivity contribution in [1.29, 1.82) is 0 Å². The van der Waals surface area contributed by atoms with Crippen LogP contribution in [0.25, 0.3) is 11.0 Å². The molecule has 2 rings (SSSR count). The zero-order valence-corrected chi connectivity index (χ0v) is 10.9. The van der Waals surface area contributed by atoms with Crippen molar-refractivity contribution in [3.05, 3.63) is 30.6 Å². The third kappa shape index (κ3) is 2.53. The number of rotatable bonds is 5. The quantitative estimate of drug-likeness (QED) is 0.597. The fourth-order valence-corrected chi connectivity index (χ4v) is 2.13. The summed E-state index contributed by atoms with van der Waals surface area (Å²) in [5.74, 6) is -0.193. The van der Waals surface area contributed by atoms with Crippen LogP contribution >= 0.6 is 0 Å². The molecule has 1 aromatic carbocycles. The van der Waals surface area contributed by atoms with Gasteiger partial charge >= 0.3 is 5.97 Å². The summed E-state index contributed by atoms with van der Waals surface area (Å²) >= 11 is 0. The van der Waals surface area contributed by atoms with Crippen molar-refractivity contribution in [3.8, 4) is 0 Å². The summed E-state index contributed by atoms with van der Waals surface area (Å²) in [6.07, 6.45) is 3.06. The molecule has 1 aromatic heterocycles. The maximum absolute atomic E-state index is 11.6. The summed E-state index contributed by atoms with van der Waals surface area (Å²) in [6.45, 7) is 5.61. The summed E-state index contributed by atoms with van der Waals surface area (Å²) in [7, 11) is 0. The molecule has 0 N–H and O–H groups in total. The molecule has 96 valence electrons. The monoisotopic (exact) mass is 247 g/mol. The van der Waals surface area contributed by atoms with E-state index in [9.17, 15) is 4.79 Å². The lowest BCUT2D eigenvalue weighted by atomic mass is 10.3. The van der Waals surface area contributed by atoms with Crippen LogP contribution in [-0.4, -0.2) is 17.1 Å². The molecule has 0 unspecified atom stereocenters. The number of hydrogen-bond acceptors (Lipinski definition) is 2. The fourth-order valence-electron chi connectivity index (χ4n) is 2.13. The highest BCUT2D eigenvalue weighted by molar-refractivity contribution is 5.73.